The third-order valence-corrected chi connectivity index (χ3v) is 4.43. The molecule has 1 amide bonds. The van der Waals surface area contributed by atoms with E-state index in [1.54, 1.807) is 18.2 Å². The average molecular weight is 348 g/mol. The van der Waals surface area contributed by atoms with Crippen LogP contribution in [0.1, 0.15) is 17.3 Å². The molecule has 0 bridgehead atoms. The molecule has 126 valence electrons. The number of carbonyl (C=O) groups excluding carboxylic acids is 2. The smallest absolute Gasteiger partial charge is 0.261 e. The Morgan fingerprint density at radius 3 is 2.38 bits per heavy atom. The summed E-state index contributed by atoms with van der Waals surface area (Å²) in [5.74, 6) is -0.461. The topological polar surface area (TPSA) is 116 Å². The number of hydrogen-bond acceptors (Lipinski definition) is 5. The van der Waals surface area contributed by atoms with Crippen LogP contribution in [0.25, 0.3) is 0 Å². The highest BCUT2D eigenvalue weighted by atomic mass is 32.2. The molecular weight excluding hydrogens is 332 g/mol. The molecule has 0 radical (unpaired) electrons. The number of ketones is 1. The second-order valence-electron chi connectivity index (χ2n) is 4.97. The predicted octanol–water partition coefficient (Wildman–Crippen LogP) is 1.55. The molecular formula is C16H16N2O5S. The van der Waals surface area contributed by atoms with Crippen LogP contribution in [0.4, 0.5) is 5.69 Å². The number of benzene rings is 2. The van der Waals surface area contributed by atoms with E-state index < -0.39 is 15.9 Å². The highest BCUT2D eigenvalue weighted by Gasteiger charge is 2.15. The van der Waals surface area contributed by atoms with E-state index in [0.29, 0.717) is 11.3 Å². The maximum atomic E-state index is 12.3. The minimum Gasteiger partial charge on any atom is -0.484 e. The van der Waals surface area contributed by atoms with E-state index in [-0.39, 0.29) is 23.0 Å². The molecule has 24 heavy (non-hydrogen) atoms. The van der Waals surface area contributed by atoms with Crippen molar-refractivity contribution in [1.82, 2.24) is 0 Å². The second kappa shape index (κ2) is 7.14. The summed E-state index contributed by atoms with van der Waals surface area (Å²) in [5, 5.41) is 0. The first-order chi connectivity index (χ1) is 11.3. The number of anilines is 1. The molecule has 7 nitrogen and oxygen atoms in total. The number of amides is 1. The van der Waals surface area contributed by atoms with Gasteiger partial charge in [-0.25, -0.2) is 8.42 Å². The third-order valence-electron chi connectivity index (χ3n) is 3.04. The lowest BCUT2D eigenvalue weighted by molar-refractivity contribution is -0.119. The SMILES string of the molecule is CC(=O)c1cccc(NS(=O)(=O)c2ccc(OCC(N)=O)cc2)c1. The van der Waals surface area contributed by atoms with Crippen LogP contribution in [0.15, 0.2) is 53.4 Å². The Morgan fingerprint density at radius 1 is 1.12 bits per heavy atom. The molecule has 0 aliphatic heterocycles. The van der Waals surface area contributed by atoms with Crippen LogP contribution in [0, 0.1) is 0 Å². The fraction of sp³-hybridized carbons (Fsp3) is 0.125. The van der Waals surface area contributed by atoms with Crippen LogP contribution in [0.2, 0.25) is 0 Å². The first kappa shape index (κ1) is 17.5. The zero-order chi connectivity index (χ0) is 17.7. The lowest BCUT2D eigenvalue weighted by atomic mass is 10.1. The molecule has 0 spiro atoms. The minimum absolute atomic E-state index is 0.0159. The predicted molar refractivity (Wildman–Crippen MR) is 88.4 cm³/mol. The molecule has 0 fully saturated rings. The minimum atomic E-state index is -3.81. The Hall–Kier alpha value is -2.87. The standard InChI is InChI=1S/C16H16N2O5S/c1-11(19)12-3-2-4-13(9-12)18-24(21,22)15-7-5-14(6-8-15)23-10-16(17)20/h2-9,18H,10H2,1H3,(H2,17,20). The van der Waals surface area contributed by atoms with E-state index >= 15 is 0 Å². The highest BCUT2D eigenvalue weighted by molar-refractivity contribution is 7.92. The quantitative estimate of drug-likeness (QED) is 0.737. The number of rotatable bonds is 7. The fourth-order valence-electron chi connectivity index (χ4n) is 1.89. The molecule has 2 rings (SSSR count). The summed E-state index contributed by atoms with van der Waals surface area (Å²) < 4.78 is 32.2. The summed E-state index contributed by atoms with van der Waals surface area (Å²) in [6, 6.07) is 11.7. The van der Waals surface area contributed by atoms with Gasteiger partial charge in [-0.3, -0.25) is 14.3 Å². The van der Waals surface area contributed by atoms with Gasteiger partial charge in [-0.2, -0.15) is 0 Å². The van der Waals surface area contributed by atoms with E-state index in [1.165, 1.54) is 37.3 Å². The Kier molecular flexibility index (Phi) is 5.20. The normalized spacial score (nSPS) is 10.9. The van der Waals surface area contributed by atoms with Gasteiger partial charge in [0, 0.05) is 11.3 Å². The molecule has 0 saturated heterocycles. The lowest BCUT2D eigenvalue weighted by Crippen LogP contribution is -2.20. The maximum absolute atomic E-state index is 12.3. The van der Waals surface area contributed by atoms with Crippen LogP contribution < -0.4 is 15.2 Å². The molecule has 2 aromatic carbocycles. The first-order valence-electron chi connectivity index (χ1n) is 6.93. The van der Waals surface area contributed by atoms with Gasteiger partial charge in [0.2, 0.25) is 0 Å². The average Bonchev–Trinajstić information content (AvgIpc) is 2.53. The van der Waals surface area contributed by atoms with E-state index in [1.807, 2.05) is 0 Å². The second-order valence-corrected chi connectivity index (χ2v) is 6.65. The fourth-order valence-corrected chi connectivity index (χ4v) is 2.93. The van der Waals surface area contributed by atoms with Gasteiger partial charge in [0.15, 0.2) is 12.4 Å². The van der Waals surface area contributed by atoms with Crippen LogP contribution in [0.5, 0.6) is 5.75 Å². The molecule has 0 aliphatic carbocycles. The van der Waals surface area contributed by atoms with E-state index in [9.17, 15) is 18.0 Å². The molecule has 8 heteroatoms. The molecule has 0 aliphatic rings. The number of nitrogens with one attached hydrogen (secondary N) is 1. The summed E-state index contributed by atoms with van der Waals surface area (Å²) in [4.78, 5) is 22.0. The summed E-state index contributed by atoms with van der Waals surface area (Å²) in [5.41, 5.74) is 5.66. The monoisotopic (exact) mass is 348 g/mol. The number of hydrogen-bond donors (Lipinski definition) is 2. The van der Waals surface area contributed by atoms with Crippen LogP contribution in [-0.2, 0) is 14.8 Å². The zero-order valence-electron chi connectivity index (χ0n) is 12.9. The number of nitrogens with two attached hydrogens (primary N) is 1. The summed E-state index contributed by atoms with van der Waals surface area (Å²) in [6.07, 6.45) is 0. The van der Waals surface area contributed by atoms with Crippen molar-refractivity contribution < 1.29 is 22.7 Å². The number of carbonyl (C=O) groups is 2. The Morgan fingerprint density at radius 2 is 1.79 bits per heavy atom. The van der Waals surface area contributed by atoms with Gasteiger partial charge in [-0.15, -0.1) is 0 Å². The maximum Gasteiger partial charge on any atom is 0.261 e. The summed E-state index contributed by atoms with van der Waals surface area (Å²) >= 11 is 0. The molecule has 0 saturated carbocycles. The largest absolute Gasteiger partial charge is 0.484 e. The van der Waals surface area contributed by atoms with Gasteiger partial charge in [-0.05, 0) is 43.3 Å². The molecule has 0 heterocycles. The molecule has 3 N–H and O–H groups in total. The van der Waals surface area contributed by atoms with Gasteiger partial charge < -0.3 is 10.5 Å². The Balaban J connectivity index is 2.16. The van der Waals surface area contributed by atoms with Crippen molar-refractivity contribution in [3.63, 3.8) is 0 Å². The van der Waals surface area contributed by atoms with Gasteiger partial charge in [-0.1, -0.05) is 12.1 Å². The van der Waals surface area contributed by atoms with Crippen molar-refractivity contribution in [1.29, 1.82) is 0 Å². The van der Waals surface area contributed by atoms with Crippen LogP contribution >= 0.6 is 0 Å². The van der Waals surface area contributed by atoms with Gasteiger partial charge in [0.1, 0.15) is 5.75 Å². The van der Waals surface area contributed by atoms with Crippen molar-refractivity contribution in [3.05, 3.63) is 54.1 Å². The molecule has 0 aromatic heterocycles. The molecule has 0 unspecified atom stereocenters. The number of sulfonamides is 1. The first-order valence-corrected chi connectivity index (χ1v) is 8.41. The number of primary amides is 1. The van der Waals surface area contributed by atoms with Crippen molar-refractivity contribution in [2.24, 2.45) is 5.73 Å². The summed E-state index contributed by atoms with van der Waals surface area (Å²) in [6.45, 7) is 1.11. The zero-order valence-corrected chi connectivity index (χ0v) is 13.7. The lowest BCUT2D eigenvalue weighted by Gasteiger charge is -2.10. The van der Waals surface area contributed by atoms with Crippen molar-refractivity contribution >= 4 is 27.4 Å². The van der Waals surface area contributed by atoms with Gasteiger partial charge >= 0.3 is 0 Å². The van der Waals surface area contributed by atoms with Crippen LogP contribution in [-0.4, -0.2) is 26.7 Å². The van der Waals surface area contributed by atoms with Crippen molar-refractivity contribution in [3.8, 4) is 5.75 Å². The highest BCUT2D eigenvalue weighted by Crippen LogP contribution is 2.20. The van der Waals surface area contributed by atoms with E-state index in [0.717, 1.165) is 0 Å². The number of ether oxygens (including phenoxy) is 1. The van der Waals surface area contributed by atoms with Crippen molar-refractivity contribution in [2.75, 3.05) is 11.3 Å². The number of Topliss-reactive ketones (excluding diaryl/α,β-unsaturated/α-hetero) is 1. The van der Waals surface area contributed by atoms with Crippen LogP contribution in [0.3, 0.4) is 0 Å². The molecule has 2 aromatic rings. The third kappa shape index (κ3) is 4.56. The van der Waals surface area contributed by atoms with Crippen molar-refractivity contribution in [2.45, 2.75) is 11.8 Å². The molecule has 0 atom stereocenters. The Bertz CT molecular complexity index is 860. The summed E-state index contributed by atoms with van der Waals surface area (Å²) in [7, 11) is -3.81. The van der Waals surface area contributed by atoms with E-state index in [2.05, 4.69) is 4.72 Å². The van der Waals surface area contributed by atoms with Gasteiger partial charge in [0.25, 0.3) is 15.9 Å². The van der Waals surface area contributed by atoms with Gasteiger partial charge in [0.05, 0.1) is 4.90 Å². The van der Waals surface area contributed by atoms with E-state index in [4.69, 9.17) is 10.5 Å². The Labute approximate surface area is 139 Å².